The van der Waals surface area contributed by atoms with Gasteiger partial charge in [0.05, 0.1) is 12.2 Å². The lowest BCUT2D eigenvalue weighted by Gasteiger charge is -2.34. The zero-order valence-electron chi connectivity index (χ0n) is 13.9. The number of halogens is 1. The van der Waals surface area contributed by atoms with Gasteiger partial charge >= 0.3 is 0 Å². The normalized spacial score (nSPS) is 17.5. The number of likely N-dealkylation sites (N-methyl/N-ethyl adjacent to an activating group) is 1. The zero-order valence-corrected chi connectivity index (χ0v) is 13.9. The molecule has 6 nitrogen and oxygen atoms in total. The molecule has 0 aromatic heterocycles. The van der Waals surface area contributed by atoms with E-state index in [4.69, 9.17) is 10.5 Å². The number of carbonyl (C=O) groups excluding carboxylic acids is 2. The number of nitrogens with one attached hydrogen (secondary N) is 1. The van der Waals surface area contributed by atoms with Gasteiger partial charge in [0.1, 0.15) is 17.6 Å². The van der Waals surface area contributed by atoms with Crippen LogP contribution in [0.2, 0.25) is 0 Å². The first-order valence-corrected chi connectivity index (χ1v) is 8.23. The molecule has 1 aromatic rings. The number of nitrogens with zero attached hydrogens (tertiary/aromatic N) is 1. The maximum absolute atomic E-state index is 13.7. The summed E-state index contributed by atoms with van der Waals surface area (Å²) in [5.74, 6) is -0.787. The second-order valence-corrected chi connectivity index (χ2v) is 5.76. The van der Waals surface area contributed by atoms with Gasteiger partial charge in [-0.2, -0.15) is 0 Å². The van der Waals surface area contributed by atoms with Crippen molar-refractivity contribution < 1.29 is 18.7 Å². The van der Waals surface area contributed by atoms with Crippen LogP contribution in [0.3, 0.4) is 0 Å². The van der Waals surface area contributed by atoms with Crippen molar-refractivity contribution >= 4 is 11.8 Å². The van der Waals surface area contributed by atoms with Crippen LogP contribution in [-0.2, 0) is 4.79 Å². The van der Waals surface area contributed by atoms with Gasteiger partial charge in [-0.1, -0.05) is 0 Å². The van der Waals surface area contributed by atoms with Gasteiger partial charge in [-0.25, -0.2) is 4.39 Å². The van der Waals surface area contributed by atoms with Crippen molar-refractivity contribution in [3.8, 4) is 5.75 Å². The van der Waals surface area contributed by atoms with Crippen LogP contribution in [0, 0.1) is 5.82 Å². The Balaban J connectivity index is 2.26. The van der Waals surface area contributed by atoms with Crippen molar-refractivity contribution in [3.05, 3.63) is 29.6 Å². The van der Waals surface area contributed by atoms with Gasteiger partial charge in [0.25, 0.3) is 5.91 Å². The maximum Gasteiger partial charge on any atom is 0.258 e. The average molecular weight is 337 g/mol. The highest BCUT2D eigenvalue weighted by Crippen LogP contribution is 2.26. The molecule has 24 heavy (non-hydrogen) atoms. The van der Waals surface area contributed by atoms with E-state index in [1.165, 1.54) is 17.0 Å². The standard InChI is InChI=1S/C17H24FN3O3/c1-20-16(22)14-5-2-3-9-21(14)17(23)13-11-12(18)6-7-15(13)24-10-4-8-19/h6-7,11,14H,2-5,8-10,19H2,1H3,(H,20,22). The van der Waals surface area contributed by atoms with Crippen LogP contribution in [0.4, 0.5) is 4.39 Å². The Morgan fingerprint density at radius 2 is 2.21 bits per heavy atom. The van der Waals surface area contributed by atoms with E-state index in [0.717, 1.165) is 18.9 Å². The monoisotopic (exact) mass is 337 g/mol. The maximum atomic E-state index is 13.7. The number of likely N-dealkylation sites (tertiary alicyclic amines) is 1. The fourth-order valence-corrected chi connectivity index (χ4v) is 2.83. The minimum Gasteiger partial charge on any atom is -0.493 e. The molecule has 1 fully saturated rings. The van der Waals surface area contributed by atoms with E-state index in [-0.39, 0.29) is 17.4 Å². The van der Waals surface area contributed by atoms with E-state index in [2.05, 4.69) is 5.32 Å². The molecular weight excluding hydrogens is 313 g/mol. The number of ether oxygens (including phenoxy) is 1. The molecule has 0 aliphatic carbocycles. The molecule has 0 saturated carbocycles. The first kappa shape index (κ1) is 18.2. The minimum atomic E-state index is -0.531. The predicted molar refractivity (Wildman–Crippen MR) is 88.3 cm³/mol. The van der Waals surface area contributed by atoms with Crippen LogP contribution in [0.15, 0.2) is 18.2 Å². The molecule has 1 heterocycles. The van der Waals surface area contributed by atoms with Crippen molar-refractivity contribution in [1.29, 1.82) is 0 Å². The third-order valence-electron chi connectivity index (χ3n) is 4.09. The largest absolute Gasteiger partial charge is 0.493 e. The highest BCUT2D eigenvalue weighted by molar-refractivity contribution is 5.99. The van der Waals surface area contributed by atoms with Crippen LogP contribution in [-0.4, -0.2) is 49.5 Å². The Bertz CT molecular complexity index is 594. The van der Waals surface area contributed by atoms with Gasteiger partial charge in [0.2, 0.25) is 5.91 Å². The third-order valence-corrected chi connectivity index (χ3v) is 4.09. The molecule has 1 aromatic carbocycles. The molecule has 1 aliphatic heterocycles. The van der Waals surface area contributed by atoms with Crippen LogP contribution in [0.25, 0.3) is 0 Å². The van der Waals surface area contributed by atoms with E-state index in [1.54, 1.807) is 7.05 Å². The Kier molecular flexibility index (Phi) is 6.54. The summed E-state index contributed by atoms with van der Waals surface area (Å²) in [7, 11) is 1.54. The number of piperidine rings is 1. The van der Waals surface area contributed by atoms with E-state index in [9.17, 15) is 14.0 Å². The summed E-state index contributed by atoms with van der Waals surface area (Å²) >= 11 is 0. The Hall–Kier alpha value is -2.15. The van der Waals surface area contributed by atoms with Gasteiger partial charge < -0.3 is 20.7 Å². The van der Waals surface area contributed by atoms with Gasteiger partial charge in [-0.15, -0.1) is 0 Å². The second-order valence-electron chi connectivity index (χ2n) is 5.76. The molecule has 3 N–H and O–H groups in total. The quantitative estimate of drug-likeness (QED) is 0.766. The van der Waals surface area contributed by atoms with Gasteiger partial charge in [-0.05, 0) is 50.4 Å². The fourth-order valence-electron chi connectivity index (χ4n) is 2.83. The summed E-state index contributed by atoms with van der Waals surface area (Å²) in [4.78, 5) is 26.5. The summed E-state index contributed by atoms with van der Waals surface area (Å²) < 4.78 is 19.2. The number of hydrogen-bond donors (Lipinski definition) is 2. The topological polar surface area (TPSA) is 84.7 Å². The van der Waals surface area contributed by atoms with Crippen LogP contribution >= 0.6 is 0 Å². The summed E-state index contributed by atoms with van der Waals surface area (Å²) in [6.45, 7) is 1.28. The third kappa shape index (κ3) is 4.23. The highest BCUT2D eigenvalue weighted by atomic mass is 19.1. The Morgan fingerprint density at radius 3 is 2.92 bits per heavy atom. The number of carbonyl (C=O) groups is 2. The Morgan fingerprint density at radius 1 is 1.42 bits per heavy atom. The highest BCUT2D eigenvalue weighted by Gasteiger charge is 2.33. The predicted octanol–water partition coefficient (Wildman–Crippen LogP) is 1.29. The molecule has 2 rings (SSSR count). The molecule has 0 bridgehead atoms. The molecular formula is C17H24FN3O3. The smallest absolute Gasteiger partial charge is 0.258 e. The molecule has 0 spiro atoms. The lowest BCUT2D eigenvalue weighted by Crippen LogP contribution is -2.51. The number of benzene rings is 1. The number of amides is 2. The molecule has 1 atom stereocenters. The summed E-state index contributed by atoms with van der Waals surface area (Å²) in [5.41, 5.74) is 5.58. The molecule has 1 aliphatic rings. The first-order valence-electron chi connectivity index (χ1n) is 8.23. The van der Waals surface area contributed by atoms with Crippen molar-refractivity contribution in [1.82, 2.24) is 10.2 Å². The number of rotatable bonds is 6. The van der Waals surface area contributed by atoms with Gasteiger partial charge in [-0.3, -0.25) is 9.59 Å². The molecule has 132 valence electrons. The fraction of sp³-hybridized carbons (Fsp3) is 0.529. The first-order chi connectivity index (χ1) is 11.6. The summed E-state index contributed by atoms with van der Waals surface area (Å²) in [5, 5.41) is 2.59. The van der Waals surface area contributed by atoms with Crippen LogP contribution in [0.5, 0.6) is 5.75 Å². The van der Waals surface area contributed by atoms with Crippen molar-refractivity contribution in [3.63, 3.8) is 0 Å². The minimum absolute atomic E-state index is 0.142. The summed E-state index contributed by atoms with van der Waals surface area (Å²) in [6, 6.07) is 3.32. The second kappa shape index (κ2) is 8.63. The average Bonchev–Trinajstić information content (AvgIpc) is 2.61. The number of nitrogens with two attached hydrogens (primary N) is 1. The van der Waals surface area contributed by atoms with Crippen molar-refractivity contribution in [2.24, 2.45) is 5.73 Å². The molecule has 1 saturated heterocycles. The Labute approximate surface area is 141 Å². The van der Waals surface area contributed by atoms with Gasteiger partial charge in [0, 0.05) is 13.6 Å². The number of hydrogen-bond acceptors (Lipinski definition) is 4. The molecule has 7 heteroatoms. The van der Waals surface area contributed by atoms with E-state index < -0.39 is 11.9 Å². The molecule has 2 amide bonds. The lowest BCUT2D eigenvalue weighted by atomic mass is 9.99. The molecule has 1 unspecified atom stereocenters. The van der Waals surface area contributed by atoms with E-state index in [0.29, 0.717) is 38.3 Å². The zero-order chi connectivity index (χ0) is 17.5. The van der Waals surface area contributed by atoms with Crippen molar-refractivity contribution in [2.45, 2.75) is 31.7 Å². The van der Waals surface area contributed by atoms with Crippen LogP contribution in [0.1, 0.15) is 36.0 Å². The SMILES string of the molecule is CNC(=O)C1CCCCN1C(=O)c1cc(F)ccc1OCCCN. The van der Waals surface area contributed by atoms with E-state index in [1.807, 2.05) is 0 Å². The van der Waals surface area contributed by atoms with Crippen LogP contribution < -0.4 is 15.8 Å². The molecule has 0 radical (unpaired) electrons. The lowest BCUT2D eigenvalue weighted by molar-refractivity contribution is -0.126. The van der Waals surface area contributed by atoms with E-state index >= 15 is 0 Å². The van der Waals surface area contributed by atoms with Crippen molar-refractivity contribution in [2.75, 3.05) is 26.7 Å². The van der Waals surface area contributed by atoms with Gasteiger partial charge in [0.15, 0.2) is 0 Å². The summed E-state index contributed by atoms with van der Waals surface area (Å²) in [6.07, 6.45) is 2.93.